The second kappa shape index (κ2) is 7.17. The largest absolute Gasteiger partial charge is 0.465 e. The highest BCUT2D eigenvalue weighted by Gasteiger charge is 2.37. The Balaban J connectivity index is 1.50. The lowest BCUT2D eigenvalue weighted by Gasteiger charge is -2.42. The summed E-state index contributed by atoms with van der Waals surface area (Å²) in [5.41, 5.74) is 0. The molecule has 1 aromatic heterocycles. The van der Waals surface area contributed by atoms with Crippen molar-refractivity contribution in [1.82, 2.24) is 25.9 Å². The van der Waals surface area contributed by atoms with Gasteiger partial charge < -0.3 is 10.1 Å². The number of aryl methyl sites for hydroxylation is 1. The molecule has 2 N–H and O–H groups in total. The lowest BCUT2D eigenvalue weighted by molar-refractivity contribution is -0.147. The molecular formula is C15H25N5O2. The molecule has 1 saturated heterocycles. The molecule has 0 radical (unpaired) electrons. The smallest absolute Gasteiger partial charge is 0.323 e. The molecule has 0 aromatic carbocycles. The topological polar surface area (TPSA) is 92.8 Å². The van der Waals surface area contributed by atoms with E-state index in [0.717, 1.165) is 31.6 Å². The van der Waals surface area contributed by atoms with E-state index in [1.165, 1.54) is 19.3 Å². The van der Waals surface area contributed by atoms with Crippen LogP contribution in [0, 0.1) is 17.8 Å². The number of nitrogens with one attached hydrogen (secondary N) is 2. The van der Waals surface area contributed by atoms with Crippen molar-refractivity contribution in [3.63, 3.8) is 0 Å². The number of hydrogen-bond acceptors (Lipinski definition) is 6. The number of carbonyl (C=O) groups is 1. The maximum Gasteiger partial charge on any atom is 0.323 e. The van der Waals surface area contributed by atoms with Gasteiger partial charge in [0.15, 0.2) is 0 Å². The summed E-state index contributed by atoms with van der Waals surface area (Å²) in [6, 6.07) is -0.113. The molecule has 2 fully saturated rings. The molecule has 7 heteroatoms. The monoisotopic (exact) mass is 307 g/mol. The Morgan fingerprint density at radius 3 is 3.00 bits per heavy atom. The SMILES string of the molecule is CCOC(=O)[C@@H]1C[C@H]2C[C@@H](CCc3nnn[nH]3)CC[C@H]2CN1. The van der Waals surface area contributed by atoms with Crippen LogP contribution in [-0.4, -0.2) is 45.8 Å². The van der Waals surface area contributed by atoms with Crippen molar-refractivity contribution in [2.75, 3.05) is 13.2 Å². The first-order valence-electron chi connectivity index (χ1n) is 8.39. The average molecular weight is 307 g/mol. The summed E-state index contributed by atoms with van der Waals surface area (Å²) in [6.07, 6.45) is 6.70. The van der Waals surface area contributed by atoms with E-state index >= 15 is 0 Å². The maximum atomic E-state index is 11.9. The highest BCUT2D eigenvalue weighted by atomic mass is 16.5. The van der Waals surface area contributed by atoms with Crippen LogP contribution in [0.5, 0.6) is 0 Å². The van der Waals surface area contributed by atoms with Crippen LogP contribution in [0.1, 0.15) is 44.9 Å². The van der Waals surface area contributed by atoms with E-state index in [-0.39, 0.29) is 12.0 Å². The summed E-state index contributed by atoms with van der Waals surface area (Å²) in [5.74, 6) is 2.86. The molecule has 2 aliphatic rings. The predicted octanol–water partition coefficient (Wildman–Crippen LogP) is 1.09. The Morgan fingerprint density at radius 1 is 1.32 bits per heavy atom. The van der Waals surface area contributed by atoms with E-state index in [4.69, 9.17) is 4.74 Å². The van der Waals surface area contributed by atoms with Crippen LogP contribution in [0.4, 0.5) is 0 Å². The predicted molar refractivity (Wildman–Crippen MR) is 79.9 cm³/mol. The molecule has 3 rings (SSSR count). The Labute approximate surface area is 130 Å². The van der Waals surface area contributed by atoms with Crippen molar-refractivity contribution in [3.05, 3.63) is 5.82 Å². The molecule has 0 spiro atoms. The van der Waals surface area contributed by atoms with Crippen molar-refractivity contribution in [1.29, 1.82) is 0 Å². The molecule has 0 unspecified atom stereocenters. The number of aromatic amines is 1. The fourth-order valence-electron chi connectivity index (χ4n) is 3.97. The van der Waals surface area contributed by atoms with E-state index in [1.807, 2.05) is 6.92 Å². The van der Waals surface area contributed by atoms with Gasteiger partial charge in [0.2, 0.25) is 0 Å². The zero-order chi connectivity index (χ0) is 15.4. The van der Waals surface area contributed by atoms with Gasteiger partial charge in [-0.2, -0.15) is 0 Å². The van der Waals surface area contributed by atoms with Crippen LogP contribution in [0.2, 0.25) is 0 Å². The number of carbonyl (C=O) groups excluding carboxylic acids is 1. The van der Waals surface area contributed by atoms with Gasteiger partial charge in [0, 0.05) is 6.42 Å². The number of ether oxygens (including phenoxy) is 1. The Morgan fingerprint density at radius 2 is 2.23 bits per heavy atom. The van der Waals surface area contributed by atoms with Gasteiger partial charge in [-0.1, -0.05) is 6.42 Å². The average Bonchev–Trinajstić information content (AvgIpc) is 3.06. The number of hydrogen-bond donors (Lipinski definition) is 2. The zero-order valence-electron chi connectivity index (χ0n) is 13.1. The molecule has 1 saturated carbocycles. The standard InChI is InChI=1S/C15H25N5O2/c1-2-22-15(21)13-8-12-7-10(3-5-11(12)9-16-13)4-6-14-17-19-20-18-14/h10-13,16H,2-9H2,1H3,(H,17,18,19,20)/t10-,11+,12-,13+/m1/s1. The number of esters is 1. The zero-order valence-corrected chi connectivity index (χ0v) is 13.1. The number of fused-ring (bicyclic) bond motifs is 1. The minimum absolute atomic E-state index is 0.0872. The van der Waals surface area contributed by atoms with Crippen LogP contribution in [-0.2, 0) is 16.0 Å². The number of rotatable bonds is 5. The first-order valence-corrected chi connectivity index (χ1v) is 8.39. The van der Waals surface area contributed by atoms with Gasteiger partial charge in [-0.3, -0.25) is 4.79 Å². The quantitative estimate of drug-likeness (QED) is 0.791. The third-order valence-corrected chi connectivity index (χ3v) is 5.16. The molecule has 1 aromatic rings. The minimum atomic E-state index is -0.113. The van der Waals surface area contributed by atoms with Crippen molar-refractivity contribution in [2.24, 2.45) is 17.8 Å². The van der Waals surface area contributed by atoms with Gasteiger partial charge in [-0.25, -0.2) is 5.10 Å². The number of H-pyrrole nitrogens is 1. The summed E-state index contributed by atoms with van der Waals surface area (Å²) < 4.78 is 5.16. The lowest BCUT2D eigenvalue weighted by atomic mass is 9.69. The van der Waals surface area contributed by atoms with Gasteiger partial charge >= 0.3 is 5.97 Å². The molecule has 7 nitrogen and oxygen atoms in total. The van der Waals surface area contributed by atoms with Crippen molar-refractivity contribution in [3.8, 4) is 0 Å². The number of nitrogens with zero attached hydrogens (tertiary/aromatic N) is 3. The minimum Gasteiger partial charge on any atom is -0.465 e. The number of piperidine rings is 1. The van der Waals surface area contributed by atoms with Crippen LogP contribution in [0.25, 0.3) is 0 Å². The molecule has 2 heterocycles. The first-order chi connectivity index (χ1) is 10.8. The van der Waals surface area contributed by atoms with Crippen molar-refractivity contribution >= 4 is 5.97 Å². The third kappa shape index (κ3) is 3.63. The first kappa shape index (κ1) is 15.4. The van der Waals surface area contributed by atoms with Gasteiger partial charge in [-0.15, -0.1) is 5.10 Å². The number of tetrazole rings is 1. The molecular weight excluding hydrogens is 282 g/mol. The van der Waals surface area contributed by atoms with Crippen LogP contribution >= 0.6 is 0 Å². The molecule has 1 aliphatic carbocycles. The molecule has 0 bridgehead atoms. The van der Waals surface area contributed by atoms with Gasteiger partial charge in [0.25, 0.3) is 0 Å². The fraction of sp³-hybridized carbons (Fsp3) is 0.867. The normalized spacial score (nSPS) is 31.5. The summed E-state index contributed by atoms with van der Waals surface area (Å²) in [4.78, 5) is 11.9. The summed E-state index contributed by atoms with van der Waals surface area (Å²) >= 11 is 0. The second-order valence-electron chi connectivity index (χ2n) is 6.53. The van der Waals surface area contributed by atoms with E-state index in [9.17, 15) is 4.79 Å². The molecule has 4 atom stereocenters. The summed E-state index contributed by atoms with van der Waals surface area (Å²) in [6.45, 7) is 3.27. The van der Waals surface area contributed by atoms with Gasteiger partial charge in [0.1, 0.15) is 11.9 Å². The van der Waals surface area contributed by atoms with Crippen LogP contribution < -0.4 is 5.32 Å². The van der Waals surface area contributed by atoms with E-state index < -0.39 is 0 Å². The molecule has 22 heavy (non-hydrogen) atoms. The van der Waals surface area contributed by atoms with Crippen molar-refractivity contribution < 1.29 is 9.53 Å². The van der Waals surface area contributed by atoms with Crippen molar-refractivity contribution in [2.45, 2.75) is 51.5 Å². The fourth-order valence-corrected chi connectivity index (χ4v) is 3.97. The highest BCUT2D eigenvalue weighted by Crippen LogP contribution is 2.40. The third-order valence-electron chi connectivity index (χ3n) is 5.16. The highest BCUT2D eigenvalue weighted by molar-refractivity contribution is 5.75. The van der Waals surface area contributed by atoms with Gasteiger partial charge in [0.05, 0.1) is 6.61 Å². The molecule has 122 valence electrons. The maximum absolute atomic E-state index is 11.9. The summed E-state index contributed by atoms with van der Waals surface area (Å²) in [7, 11) is 0. The Kier molecular flexibility index (Phi) is 5.02. The Hall–Kier alpha value is -1.50. The molecule has 0 amide bonds. The van der Waals surface area contributed by atoms with E-state index in [0.29, 0.717) is 24.4 Å². The van der Waals surface area contributed by atoms with E-state index in [2.05, 4.69) is 25.9 Å². The van der Waals surface area contributed by atoms with Gasteiger partial charge in [-0.05, 0) is 67.3 Å². The summed E-state index contributed by atoms with van der Waals surface area (Å²) in [5, 5.41) is 17.4. The van der Waals surface area contributed by atoms with Crippen LogP contribution in [0.15, 0.2) is 0 Å². The van der Waals surface area contributed by atoms with E-state index in [1.54, 1.807) is 0 Å². The number of aromatic nitrogens is 4. The van der Waals surface area contributed by atoms with Crippen LogP contribution in [0.3, 0.4) is 0 Å². The Bertz CT molecular complexity index is 478. The lowest BCUT2D eigenvalue weighted by Crippen LogP contribution is -2.50. The second-order valence-corrected chi connectivity index (χ2v) is 6.53. The molecule has 1 aliphatic heterocycles.